The average Bonchev–Trinajstić information content (AvgIpc) is 3.03. The Morgan fingerprint density at radius 2 is 1.95 bits per heavy atom. The molecule has 2 aliphatic heterocycles. The first kappa shape index (κ1) is 14.8. The van der Waals surface area contributed by atoms with Gasteiger partial charge in [0.05, 0.1) is 5.57 Å². The summed E-state index contributed by atoms with van der Waals surface area (Å²) in [7, 11) is 0. The molecule has 1 atom stereocenters. The Labute approximate surface area is 124 Å². The Balaban J connectivity index is 0.00000147. The molecule has 0 spiro atoms. The first-order chi connectivity index (χ1) is 9.25. The largest absolute Gasteiger partial charge is 0.316 e. The fourth-order valence-corrected chi connectivity index (χ4v) is 2.63. The van der Waals surface area contributed by atoms with E-state index in [1.807, 2.05) is 30.3 Å². The molecule has 5 heteroatoms. The monoisotopic (exact) mass is 292 g/mol. The summed E-state index contributed by atoms with van der Waals surface area (Å²) in [5, 5.41) is 3.25. The van der Waals surface area contributed by atoms with Gasteiger partial charge in [-0.1, -0.05) is 30.3 Å². The van der Waals surface area contributed by atoms with E-state index in [2.05, 4.69) is 5.32 Å². The highest BCUT2D eigenvalue weighted by Gasteiger charge is 2.33. The maximum atomic E-state index is 12.3. The third-order valence-corrected chi connectivity index (χ3v) is 3.70. The van der Waals surface area contributed by atoms with Crippen molar-refractivity contribution in [3.63, 3.8) is 0 Å². The summed E-state index contributed by atoms with van der Waals surface area (Å²) in [5.74, 6) is 0.0373. The average molecular weight is 293 g/mol. The molecule has 0 aliphatic carbocycles. The molecule has 106 valence electrons. The van der Waals surface area contributed by atoms with Crippen LogP contribution in [-0.4, -0.2) is 36.3 Å². The second-order valence-corrected chi connectivity index (χ2v) is 5.04. The standard InChI is InChI=1S/C15H16N2O2.ClH/c18-14-8-13(12-4-2-1-3-5-12)15(19)17(14)10-11-6-7-16-9-11;/h1-5,8,11,16H,6-7,9-10H2;1H. The summed E-state index contributed by atoms with van der Waals surface area (Å²) in [5.41, 5.74) is 1.32. The smallest absolute Gasteiger partial charge is 0.261 e. The lowest BCUT2D eigenvalue weighted by atomic mass is 10.1. The second kappa shape index (κ2) is 6.20. The molecule has 2 heterocycles. The molecule has 3 rings (SSSR count). The van der Waals surface area contributed by atoms with Crippen molar-refractivity contribution in [3.8, 4) is 0 Å². The number of halogens is 1. The van der Waals surface area contributed by atoms with E-state index in [0.29, 0.717) is 18.0 Å². The van der Waals surface area contributed by atoms with Crippen LogP contribution in [0.3, 0.4) is 0 Å². The summed E-state index contributed by atoms with van der Waals surface area (Å²) in [6.45, 7) is 2.38. The van der Waals surface area contributed by atoms with Crippen LogP contribution in [0.4, 0.5) is 0 Å². The lowest BCUT2D eigenvalue weighted by molar-refractivity contribution is -0.137. The third kappa shape index (κ3) is 2.76. The Bertz CT molecular complexity index is 536. The molecule has 2 aliphatic rings. The number of nitrogens with zero attached hydrogens (tertiary/aromatic N) is 1. The zero-order valence-electron chi connectivity index (χ0n) is 11.0. The molecule has 0 saturated carbocycles. The number of hydrogen-bond donors (Lipinski definition) is 1. The fourth-order valence-electron chi connectivity index (χ4n) is 2.63. The minimum absolute atomic E-state index is 0. The number of amides is 2. The van der Waals surface area contributed by atoms with Crippen molar-refractivity contribution in [1.82, 2.24) is 10.2 Å². The van der Waals surface area contributed by atoms with Crippen molar-refractivity contribution in [2.75, 3.05) is 19.6 Å². The van der Waals surface area contributed by atoms with Crippen LogP contribution in [0.25, 0.3) is 5.57 Å². The first-order valence-corrected chi connectivity index (χ1v) is 6.59. The Morgan fingerprint density at radius 1 is 1.20 bits per heavy atom. The van der Waals surface area contributed by atoms with Gasteiger partial charge in [0.2, 0.25) is 0 Å². The molecule has 1 saturated heterocycles. The summed E-state index contributed by atoms with van der Waals surface area (Å²) < 4.78 is 0. The van der Waals surface area contributed by atoms with Crippen LogP contribution in [0.15, 0.2) is 36.4 Å². The molecule has 1 aromatic rings. The lowest BCUT2D eigenvalue weighted by Crippen LogP contribution is -2.36. The number of rotatable bonds is 3. The number of benzene rings is 1. The molecule has 4 nitrogen and oxygen atoms in total. The van der Waals surface area contributed by atoms with Gasteiger partial charge in [0.25, 0.3) is 11.8 Å². The van der Waals surface area contributed by atoms with Crippen LogP contribution in [0, 0.1) is 5.92 Å². The van der Waals surface area contributed by atoms with Crippen molar-refractivity contribution in [2.45, 2.75) is 6.42 Å². The minimum atomic E-state index is -0.184. The van der Waals surface area contributed by atoms with Crippen molar-refractivity contribution >= 4 is 29.8 Å². The van der Waals surface area contributed by atoms with E-state index < -0.39 is 0 Å². The van der Waals surface area contributed by atoms with E-state index in [9.17, 15) is 9.59 Å². The Hall–Kier alpha value is -1.65. The van der Waals surface area contributed by atoms with E-state index >= 15 is 0 Å². The lowest BCUT2D eigenvalue weighted by Gasteiger charge is -2.18. The van der Waals surface area contributed by atoms with Crippen LogP contribution in [0.1, 0.15) is 12.0 Å². The third-order valence-electron chi connectivity index (χ3n) is 3.70. The quantitative estimate of drug-likeness (QED) is 0.859. The highest BCUT2D eigenvalue weighted by Crippen LogP contribution is 2.24. The van der Waals surface area contributed by atoms with Gasteiger partial charge in [-0.05, 0) is 31.0 Å². The molecule has 1 aromatic carbocycles. The Morgan fingerprint density at radius 3 is 2.60 bits per heavy atom. The molecular weight excluding hydrogens is 276 g/mol. The van der Waals surface area contributed by atoms with Gasteiger partial charge in [-0.15, -0.1) is 12.4 Å². The SMILES string of the molecule is Cl.O=C1C=C(c2ccccc2)C(=O)N1CC1CCNC1. The predicted octanol–water partition coefficient (Wildman–Crippen LogP) is 1.47. The normalized spacial score (nSPS) is 21.9. The molecule has 20 heavy (non-hydrogen) atoms. The molecule has 1 N–H and O–H groups in total. The van der Waals surface area contributed by atoms with Crippen LogP contribution in [-0.2, 0) is 9.59 Å². The summed E-state index contributed by atoms with van der Waals surface area (Å²) in [6, 6.07) is 9.36. The van der Waals surface area contributed by atoms with Crippen molar-refractivity contribution < 1.29 is 9.59 Å². The van der Waals surface area contributed by atoms with Gasteiger partial charge in [0, 0.05) is 12.6 Å². The van der Waals surface area contributed by atoms with Gasteiger partial charge >= 0.3 is 0 Å². The van der Waals surface area contributed by atoms with Crippen LogP contribution in [0.2, 0.25) is 0 Å². The molecular formula is C15H17ClN2O2. The summed E-state index contributed by atoms with van der Waals surface area (Å²) in [6.07, 6.45) is 2.48. The topological polar surface area (TPSA) is 49.4 Å². The molecule has 0 aromatic heterocycles. The molecule has 1 unspecified atom stereocenters. The maximum Gasteiger partial charge on any atom is 0.261 e. The van der Waals surface area contributed by atoms with Crippen LogP contribution >= 0.6 is 12.4 Å². The highest BCUT2D eigenvalue weighted by molar-refractivity contribution is 6.33. The number of carbonyl (C=O) groups is 2. The zero-order chi connectivity index (χ0) is 13.2. The van der Waals surface area contributed by atoms with E-state index in [-0.39, 0.29) is 24.2 Å². The molecule has 0 radical (unpaired) electrons. The second-order valence-electron chi connectivity index (χ2n) is 5.04. The maximum absolute atomic E-state index is 12.3. The Kier molecular flexibility index (Phi) is 4.57. The predicted molar refractivity (Wildman–Crippen MR) is 79.4 cm³/mol. The van der Waals surface area contributed by atoms with Gasteiger partial charge in [0.1, 0.15) is 0 Å². The van der Waals surface area contributed by atoms with Crippen molar-refractivity contribution in [3.05, 3.63) is 42.0 Å². The first-order valence-electron chi connectivity index (χ1n) is 6.59. The number of hydrogen-bond acceptors (Lipinski definition) is 3. The number of imide groups is 1. The number of nitrogens with one attached hydrogen (secondary N) is 1. The van der Waals surface area contributed by atoms with Gasteiger partial charge < -0.3 is 5.32 Å². The van der Waals surface area contributed by atoms with Crippen LogP contribution in [0.5, 0.6) is 0 Å². The molecule has 1 fully saturated rings. The van der Waals surface area contributed by atoms with Crippen molar-refractivity contribution in [2.24, 2.45) is 5.92 Å². The molecule has 0 bridgehead atoms. The fraction of sp³-hybridized carbons (Fsp3) is 0.333. The van der Waals surface area contributed by atoms with Gasteiger partial charge in [-0.3, -0.25) is 14.5 Å². The van der Waals surface area contributed by atoms with Crippen molar-refractivity contribution in [1.29, 1.82) is 0 Å². The minimum Gasteiger partial charge on any atom is -0.316 e. The summed E-state index contributed by atoms with van der Waals surface area (Å²) >= 11 is 0. The van der Waals surface area contributed by atoms with Gasteiger partial charge in [0.15, 0.2) is 0 Å². The molecule has 2 amide bonds. The zero-order valence-corrected chi connectivity index (χ0v) is 11.9. The van der Waals surface area contributed by atoms with E-state index in [4.69, 9.17) is 0 Å². The van der Waals surface area contributed by atoms with Gasteiger partial charge in [-0.2, -0.15) is 0 Å². The van der Waals surface area contributed by atoms with E-state index in [1.165, 1.54) is 11.0 Å². The van der Waals surface area contributed by atoms with E-state index in [0.717, 1.165) is 25.1 Å². The van der Waals surface area contributed by atoms with Crippen LogP contribution < -0.4 is 5.32 Å². The highest BCUT2D eigenvalue weighted by atomic mass is 35.5. The number of carbonyl (C=O) groups excluding carboxylic acids is 2. The van der Waals surface area contributed by atoms with E-state index in [1.54, 1.807) is 0 Å². The van der Waals surface area contributed by atoms with Gasteiger partial charge in [-0.25, -0.2) is 0 Å². The summed E-state index contributed by atoms with van der Waals surface area (Å²) in [4.78, 5) is 25.7.